The quantitative estimate of drug-likeness (QED) is 0.109. The first-order chi connectivity index (χ1) is 22.9. The standard InChI is InChI=1S/C19H13.C10H9.C8H20Si2.2C4H9.Ti/c1-2-7-14(8-3-1)17-12-6-10-16-13-15-9-4-5-11-18(15)19(16)17;1-8-6-9-4-2-3-5-10(9)7-8;1-5-9(6-2)10(7-3)8-4;2*1-3-4-2;/h1-9,11-12H,13H2;2-7H,1H3;5-8H2,1-4H3;2*1,3-4H2,2H3;/q2*-1;;2*-1;+4. The van der Waals surface area contributed by atoms with Gasteiger partial charge in [0.25, 0.3) is 0 Å². The minimum Gasteiger partial charge on any atom is -0.343 e. The Balaban J connectivity index is 0.000000341. The minimum atomic E-state index is 0. The van der Waals surface area contributed by atoms with Crippen molar-refractivity contribution in [2.75, 3.05) is 0 Å². The molecule has 0 amide bonds. The van der Waals surface area contributed by atoms with E-state index in [1.54, 1.807) is 0 Å². The zero-order valence-corrected chi connectivity index (χ0v) is 34.7. The molecule has 0 N–H and O–H groups in total. The molecule has 0 saturated heterocycles. The average Bonchev–Trinajstić information content (AvgIpc) is 3.71. The number of aryl methyl sites for hydroxylation is 1. The van der Waals surface area contributed by atoms with Crippen LogP contribution in [-0.2, 0) is 28.1 Å². The first-order valence-corrected chi connectivity index (χ1v) is 22.8. The van der Waals surface area contributed by atoms with E-state index in [0.717, 1.165) is 19.3 Å². The first-order valence-electron chi connectivity index (χ1n) is 18.0. The molecule has 3 heteroatoms. The summed E-state index contributed by atoms with van der Waals surface area (Å²) >= 11 is 0. The maximum Gasteiger partial charge on any atom is 4.00 e. The normalized spacial score (nSPS) is 10.6. The van der Waals surface area contributed by atoms with Gasteiger partial charge in [0.05, 0.1) is 0 Å². The van der Waals surface area contributed by atoms with Crippen LogP contribution in [0.3, 0.4) is 0 Å². The molecule has 0 atom stereocenters. The number of hydrogen-bond acceptors (Lipinski definition) is 0. The third kappa shape index (κ3) is 13.9. The van der Waals surface area contributed by atoms with Crippen LogP contribution in [0.4, 0.5) is 0 Å². The van der Waals surface area contributed by atoms with E-state index in [1.165, 1.54) is 86.7 Å². The Morgan fingerprint density at radius 1 is 0.667 bits per heavy atom. The van der Waals surface area contributed by atoms with Gasteiger partial charge in [-0.05, 0) is 12.0 Å². The second-order valence-corrected chi connectivity index (χ2v) is 21.4. The monoisotopic (exact) mass is 704 g/mol. The number of unbranched alkanes of at least 4 members (excludes halogenated alkanes) is 2. The SMILES string of the molecule is CC[Si](CC)[Si](CC)CC.Cc1cc2ccccc2[cH-]1.[CH2-]CCC.[CH2-]CCC.[Ti+4].[c-]1ccc(-c2ccccc2)c2c1Cc1ccccc1-2. The number of benzene rings is 4. The zero-order valence-electron chi connectivity index (χ0n) is 31.1. The first kappa shape index (κ1) is 43.7. The molecule has 0 aliphatic heterocycles. The van der Waals surface area contributed by atoms with Crippen molar-refractivity contribution in [2.24, 2.45) is 0 Å². The molecule has 0 aromatic heterocycles. The van der Waals surface area contributed by atoms with Crippen molar-refractivity contribution in [1.29, 1.82) is 0 Å². The molecule has 6 rings (SSSR count). The Labute approximate surface area is 314 Å². The van der Waals surface area contributed by atoms with Gasteiger partial charge in [-0.15, -0.1) is 57.3 Å². The summed E-state index contributed by atoms with van der Waals surface area (Å²) < 4.78 is 0. The van der Waals surface area contributed by atoms with Crippen LogP contribution in [0.1, 0.15) is 83.9 Å². The maximum absolute atomic E-state index is 3.60. The molecule has 0 spiro atoms. The molecule has 252 valence electrons. The van der Waals surface area contributed by atoms with Crippen molar-refractivity contribution < 1.29 is 21.7 Å². The van der Waals surface area contributed by atoms with Gasteiger partial charge in [0.1, 0.15) is 0 Å². The van der Waals surface area contributed by atoms with Gasteiger partial charge in [0.2, 0.25) is 0 Å². The van der Waals surface area contributed by atoms with Crippen LogP contribution in [0.25, 0.3) is 33.0 Å². The molecule has 1 aliphatic carbocycles. The van der Waals surface area contributed by atoms with Crippen LogP contribution < -0.4 is 0 Å². The molecular weight excluding hydrogens is 645 g/mol. The largest absolute Gasteiger partial charge is 4.00 e. The average molecular weight is 705 g/mol. The van der Waals surface area contributed by atoms with Crippen LogP contribution in [0.5, 0.6) is 0 Å². The van der Waals surface area contributed by atoms with Crippen LogP contribution in [0, 0.1) is 26.8 Å². The van der Waals surface area contributed by atoms with Gasteiger partial charge in [0.15, 0.2) is 0 Å². The van der Waals surface area contributed by atoms with Crippen molar-refractivity contribution in [3.63, 3.8) is 0 Å². The van der Waals surface area contributed by atoms with Crippen LogP contribution in [0.2, 0.25) is 24.2 Å². The summed E-state index contributed by atoms with van der Waals surface area (Å²) in [6, 6.07) is 45.8. The molecule has 2 radical (unpaired) electrons. The Hall–Kier alpha value is -2.36. The summed E-state index contributed by atoms with van der Waals surface area (Å²) in [5.74, 6) is 0. The summed E-state index contributed by atoms with van der Waals surface area (Å²) in [7, 11) is 0.277. The topological polar surface area (TPSA) is 0 Å². The maximum atomic E-state index is 3.60. The molecule has 0 fully saturated rings. The second-order valence-electron chi connectivity index (χ2n) is 11.9. The van der Waals surface area contributed by atoms with Gasteiger partial charge in [-0.1, -0.05) is 157 Å². The van der Waals surface area contributed by atoms with Gasteiger partial charge in [-0.2, -0.15) is 37.1 Å². The molecule has 0 saturated carbocycles. The second kappa shape index (κ2) is 25.6. The third-order valence-electron chi connectivity index (χ3n) is 8.49. The fraction of sp³-hybridized carbons (Fsp3) is 0.356. The third-order valence-corrected chi connectivity index (χ3v) is 20.2. The van der Waals surface area contributed by atoms with Crippen molar-refractivity contribution in [3.8, 4) is 22.3 Å². The molecule has 0 bridgehead atoms. The van der Waals surface area contributed by atoms with E-state index in [1.807, 2.05) is 6.07 Å². The fourth-order valence-electron chi connectivity index (χ4n) is 5.76. The summed E-state index contributed by atoms with van der Waals surface area (Å²) in [6.45, 7) is 23.1. The number of fused-ring (bicyclic) bond motifs is 4. The predicted octanol–water partition coefficient (Wildman–Crippen LogP) is 14.0. The Kier molecular flexibility index (Phi) is 23.3. The predicted molar refractivity (Wildman–Crippen MR) is 217 cm³/mol. The fourth-order valence-corrected chi connectivity index (χ4v) is 14.8. The van der Waals surface area contributed by atoms with Crippen molar-refractivity contribution >= 4 is 27.4 Å². The summed E-state index contributed by atoms with van der Waals surface area (Å²) in [5, 5.41) is 2.69. The summed E-state index contributed by atoms with van der Waals surface area (Å²) in [4.78, 5) is 0. The Morgan fingerprint density at radius 3 is 1.73 bits per heavy atom. The molecule has 5 aromatic carbocycles. The number of hydrogen-bond donors (Lipinski definition) is 0. The summed E-state index contributed by atoms with van der Waals surface area (Å²) in [5.41, 5.74) is 9.42. The van der Waals surface area contributed by atoms with E-state index >= 15 is 0 Å². The molecule has 48 heavy (non-hydrogen) atoms. The summed E-state index contributed by atoms with van der Waals surface area (Å²) in [6.07, 6.45) is 5.56. The molecule has 5 aromatic rings. The van der Waals surface area contributed by atoms with E-state index in [2.05, 4.69) is 165 Å². The van der Waals surface area contributed by atoms with Gasteiger partial charge in [-0.3, -0.25) is 0 Å². The van der Waals surface area contributed by atoms with Gasteiger partial charge < -0.3 is 13.8 Å². The van der Waals surface area contributed by atoms with Gasteiger partial charge in [-0.25, -0.2) is 0 Å². The van der Waals surface area contributed by atoms with Crippen LogP contribution in [0.15, 0.2) is 103 Å². The zero-order chi connectivity index (χ0) is 34.4. The van der Waals surface area contributed by atoms with Gasteiger partial charge in [0, 0.05) is 16.6 Å². The van der Waals surface area contributed by atoms with Crippen LogP contribution in [-0.4, -0.2) is 16.6 Å². The molecule has 0 heterocycles. The van der Waals surface area contributed by atoms with Crippen molar-refractivity contribution in [1.82, 2.24) is 0 Å². The minimum absolute atomic E-state index is 0. The van der Waals surface area contributed by atoms with Gasteiger partial charge >= 0.3 is 21.7 Å². The number of rotatable bonds is 8. The Morgan fingerprint density at radius 2 is 1.19 bits per heavy atom. The molecular formula is C45H60Si2Ti. The van der Waals surface area contributed by atoms with E-state index < -0.39 is 0 Å². The molecule has 1 aliphatic rings. The Bertz CT molecular complexity index is 1460. The van der Waals surface area contributed by atoms with E-state index in [9.17, 15) is 0 Å². The van der Waals surface area contributed by atoms with Crippen molar-refractivity contribution in [3.05, 3.63) is 140 Å². The van der Waals surface area contributed by atoms with Crippen molar-refractivity contribution in [2.45, 2.75) is 105 Å². The molecule has 0 unspecified atom stereocenters. The molecule has 0 nitrogen and oxygen atoms in total. The van der Waals surface area contributed by atoms with E-state index in [4.69, 9.17) is 0 Å². The van der Waals surface area contributed by atoms with E-state index in [0.29, 0.717) is 0 Å². The van der Waals surface area contributed by atoms with E-state index in [-0.39, 0.29) is 38.3 Å². The van der Waals surface area contributed by atoms with Crippen LogP contribution >= 0.6 is 0 Å². The smallest absolute Gasteiger partial charge is 0.343 e.